The molecule has 0 saturated carbocycles. The number of aliphatic hydroxyl groups excluding tert-OH is 1. The van der Waals surface area contributed by atoms with Crippen molar-refractivity contribution in [1.29, 1.82) is 0 Å². The number of hydrogen-bond donors (Lipinski definition) is 4. The molecule has 0 amide bonds. The van der Waals surface area contributed by atoms with Crippen LogP contribution in [0.15, 0.2) is 11.1 Å². The maximum Gasteiger partial charge on any atom is 0.695 e. The van der Waals surface area contributed by atoms with Crippen LogP contribution < -0.4 is 11.3 Å². The fourth-order valence-electron chi connectivity index (χ4n) is 2.76. The van der Waals surface area contributed by atoms with Crippen LogP contribution >= 0.6 is 8.25 Å². The van der Waals surface area contributed by atoms with Gasteiger partial charge in [0.25, 0.3) is 5.56 Å². The summed E-state index contributed by atoms with van der Waals surface area (Å²) in [5, 5.41) is 9.52. The van der Waals surface area contributed by atoms with Gasteiger partial charge in [0, 0.05) is 4.57 Å². The smallest absolute Gasteiger partial charge is 0.394 e. The maximum atomic E-state index is 11.9. The summed E-state index contributed by atoms with van der Waals surface area (Å²) in [7, 11) is -3.00. The van der Waals surface area contributed by atoms with Crippen LogP contribution in [0.3, 0.4) is 0 Å². The Kier molecular flexibility index (Phi) is 5.28. The Morgan fingerprint density at radius 3 is 2.96 bits per heavy atom. The highest BCUT2D eigenvalue weighted by molar-refractivity contribution is 7.32. The average molecular weight is 384 g/mol. The van der Waals surface area contributed by atoms with Crippen molar-refractivity contribution in [2.75, 3.05) is 18.9 Å². The molecule has 3 rings (SSSR count). The second-order valence-corrected chi connectivity index (χ2v) is 6.00. The van der Waals surface area contributed by atoms with E-state index in [9.17, 15) is 14.5 Å². The molecule has 0 spiro atoms. The quantitative estimate of drug-likeness (QED) is 0.344. The van der Waals surface area contributed by atoms with E-state index in [0.717, 1.165) is 0 Å². The Hall–Kier alpha value is -2.39. The van der Waals surface area contributed by atoms with Crippen LogP contribution in [0.25, 0.3) is 11.2 Å². The van der Waals surface area contributed by atoms with Crippen molar-refractivity contribution in [2.45, 2.75) is 24.5 Å². The van der Waals surface area contributed by atoms with Gasteiger partial charge in [-0.2, -0.15) is 4.98 Å². The van der Waals surface area contributed by atoms with Gasteiger partial charge in [0.2, 0.25) is 5.95 Å². The van der Waals surface area contributed by atoms with Gasteiger partial charge in [-0.3, -0.25) is 14.3 Å². The van der Waals surface area contributed by atoms with Crippen molar-refractivity contribution >= 4 is 25.4 Å². The van der Waals surface area contributed by atoms with Gasteiger partial charge in [-0.15, -0.1) is 15.8 Å². The number of anilines is 1. The SMILES string of the molecule is C#CCO[C@H]1C(O[P+](=O)O)[C@@H](CO)O[C@H]1n1cnc2c(=O)[nH]c(N)nc21. The van der Waals surface area contributed by atoms with Crippen molar-refractivity contribution in [2.24, 2.45) is 0 Å². The Morgan fingerprint density at radius 2 is 2.31 bits per heavy atom. The predicted molar refractivity (Wildman–Crippen MR) is 86.8 cm³/mol. The highest BCUT2D eigenvalue weighted by Crippen LogP contribution is 2.38. The minimum absolute atomic E-state index is 0.0108. The minimum atomic E-state index is -3.00. The number of aliphatic hydroxyl groups is 1. The Morgan fingerprint density at radius 1 is 1.54 bits per heavy atom. The largest absolute Gasteiger partial charge is 0.695 e. The number of H-pyrrole nitrogens is 1. The molecule has 1 saturated heterocycles. The zero-order chi connectivity index (χ0) is 18.8. The molecule has 2 aromatic heterocycles. The molecule has 1 fully saturated rings. The standard InChI is InChI=1S/C13H14N5O7P/c1-2-3-23-9-8(25-26(21)22)6(4-19)24-12(9)18-5-15-7-10(18)16-13(14)17-11(7)20/h1,5-6,8-9,12,19H,3-4H2,(H3-,14,16,17,20,21,22)/p+1/t6-,8?,9+,12-/m1/s1. The number of nitrogens with one attached hydrogen (secondary N) is 1. The molecular formula is C13H15N5O7P+. The number of nitrogens with two attached hydrogens (primary N) is 1. The third-order valence-electron chi connectivity index (χ3n) is 3.76. The summed E-state index contributed by atoms with van der Waals surface area (Å²) >= 11 is 0. The van der Waals surface area contributed by atoms with Crippen molar-refractivity contribution in [3.63, 3.8) is 0 Å². The third kappa shape index (κ3) is 3.32. The highest BCUT2D eigenvalue weighted by atomic mass is 31.1. The molecule has 13 heteroatoms. The second-order valence-electron chi connectivity index (χ2n) is 5.31. The number of rotatable bonds is 6. The summed E-state index contributed by atoms with van der Waals surface area (Å²) in [4.78, 5) is 31.3. The molecule has 0 bridgehead atoms. The van der Waals surface area contributed by atoms with E-state index >= 15 is 0 Å². The molecule has 0 radical (unpaired) electrons. The number of nitrogen functional groups attached to an aromatic ring is 1. The van der Waals surface area contributed by atoms with Crippen molar-refractivity contribution in [1.82, 2.24) is 19.5 Å². The van der Waals surface area contributed by atoms with E-state index < -0.39 is 45.0 Å². The number of ether oxygens (including phenoxy) is 2. The lowest BCUT2D eigenvalue weighted by molar-refractivity contribution is -0.0635. The van der Waals surface area contributed by atoms with E-state index in [4.69, 9.17) is 31.0 Å². The minimum Gasteiger partial charge on any atom is -0.394 e. The van der Waals surface area contributed by atoms with Gasteiger partial charge in [0.15, 0.2) is 23.5 Å². The van der Waals surface area contributed by atoms with Crippen LogP contribution in [-0.2, 0) is 18.6 Å². The van der Waals surface area contributed by atoms with Gasteiger partial charge >= 0.3 is 8.25 Å². The van der Waals surface area contributed by atoms with Crippen LogP contribution in [0, 0.1) is 12.3 Å². The molecule has 0 aliphatic carbocycles. The number of imidazole rings is 1. The molecule has 12 nitrogen and oxygen atoms in total. The summed E-state index contributed by atoms with van der Waals surface area (Å²) in [6.07, 6.45) is 2.45. The molecule has 138 valence electrons. The number of nitrogens with zero attached hydrogens (tertiary/aromatic N) is 3. The summed E-state index contributed by atoms with van der Waals surface area (Å²) in [6, 6.07) is 0. The molecule has 2 unspecified atom stereocenters. The monoisotopic (exact) mass is 384 g/mol. The Labute approximate surface area is 146 Å². The van der Waals surface area contributed by atoms with Crippen molar-refractivity contribution in [3.05, 3.63) is 16.7 Å². The van der Waals surface area contributed by atoms with Gasteiger partial charge in [0.1, 0.15) is 18.8 Å². The molecule has 5 N–H and O–H groups in total. The molecule has 0 aromatic carbocycles. The molecule has 1 aliphatic rings. The fraction of sp³-hybridized carbons (Fsp3) is 0.462. The van der Waals surface area contributed by atoms with E-state index in [1.807, 2.05) is 0 Å². The molecule has 3 heterocycles. The van der Waals surface area contributed by atoms with E-state index in [-0.39, 0.29) is 23.7 Å². The number of aromatic amines is 1. The number of hydrogen-bond acceptors (Lipinski definition) is 9. The number of terminal acetylenes is 1. The van der Waals surface area contributed by atoms with Gasteiger partial charge in [-0.25, -0.2) is 4.98 Å². The first kappa shape index (κ1) is 18.4. The third-order valence-corrected chi connectivity index (χ3v) is 4.19. The van der Waals surface area contributed by atoms with Gasteiger partial charge in [0.05, 0.1) is 12.9 Å². The average Bonchev–Trinajstić information content (AvgIpc) is 3.14. The topological polar surface area (TPSA) is 175 Å². The lowest BCUT2D eigenvalue weighted by atomic mass is 10.1. The van der Waals surface area contributed by atoms with Crippen molar-refractivity contribution in [3.8, 4) is 12.3 Å². The molecule has 26 heavy (non-hydrogen) atoms. The van der Waals surface area contributed by atoms with Crippen LogP contribution in [0.5, 0.6) is 0 Å². The van der Waals surface area contributed by atoms with Crippen LogP contribution in [-0.4, -0.2) is 61.0 Å². The van der Waals surface area contributed by atoms with Crippen LogP contribution in [0.2, 0.25) is 0 Å². The summed E-state index contributed by atoms with van der Waals surface area (Å²) in [6.45, 7) is -0.656. The summed E-state index contributed by atoms with van der Waals surface area (Å²) < 4.78 is 28.6. The van der Waals surface area contributed by atoms with Gasteiger partial charge < -0.3 is 20.3 Å². The maximum absolute atomic E-state index is 11.9. The molecule has 5 atom stereocenters. The lowest BCUT2D eigenvalue weighted by Gasteiger charge is -2.20. The zero-order valence-electron chi connectivity index (χ0n) is 13.2. The molecule has 2 aromatic rings. The van der Waals surface area contributed by atoms with E-state index in [1.165, 1.54) is 10.9 Å². The van der Waals surface area contributed by atoms with E-state index in [1.54, 1.807) is 0 Å². The van der Waals surface area contributed by atoms with Gasteiger partial charge in [-0.05, 0) is 0 Å². The molecule has 1 aliphatic heterocycles. The first-order valence-electron chi connectivity index (χ1n) is 7.33. The summed E-state index contributed by atoms with van der Waals surface area (Å²) in [5.74, 6) is 2.14. The first-order chi connectivity index (χ1) is 12.5. The Balaban J connectivity index is 2.06. The second kappa shape index (κ2) is 7.46. The zero-order valence-corrected chi connectivity index (χ0v) is 14.1. The fourth-order valence-corrected chi connectivity index (χ4v) is 3.23. The molecular weight excluding hydrogens is 369 g/mol. The normalized spacial score (nSPS) is 26.1. The van der Waals surface area contributed by atoms with E-state index in [2.05, 4.69) is 20.9 Å². The Bertz CT molecular complexity index is 922. The highest BCUT2D eigenvalue weighted by Gasteiger charge is 2.51. The van der Waals surface area contributed by atoms with Crippen LogP contribution in [0.1, 0.15) is 6.23 Å². The lowest BCUT2D eigenvalue weighted by Crippen LogP contribution is -2.36. The number of aromatic nitrogens is 4. The summed E-state index contributed by atoms with van der Waals surface area (Å²) in [5.41, 5.74) is 5.14. The van der Waals surface area contributed by atoms with Gasteiger partial charge in [-0.1, -0.05) is 5.92 Å². The van der Waals surface area contributed by atoms with E-state index in [0.29, 0.717) is 0 Å². The first-order valence-corrected chi connectivity index (χ1v) is 8.46. The van der Waals surface area contributed by atoms with Crippen LogP contribution in [0.4, 0.5) is 5.95 Å². The predicted octanol–water partition coefficient (Wildman–Crippen LogP) is -1.36. The van der Waals surface area contributed by atoms with Crippen molar-refractivity contribution < 1.29 is 28.6 Å². The number of fused-ring (bicyclic) bond motifs is 1.